The highest BCUT2D eigenvalue weighted by atomic mass is 35.5. The van der Waals surface area contributed by atoms with E-state index in [0.29, 0.717) is 23.1 Å². The van der Waals surface area contributed by atoms with Gasteiger partial charge in [-0.05, 0) is 48.4 Å². The molecule has 0 spiro atoms. The molecule has 0 bridgehead atoms. The number of aromatic carboxylic acids is 1. The van der Waals surface area contributed by atoms with Crippen molar-refractivity contribution < 1.29 is 9.90 Å². The van der Waals surface area contributed by atoms with Gasteiger partial charge in [-0.25, -0.2) is 9.79 Å². The molecule has 0 fully saturated rings. The monoisotopic (exact) mass is 414 g/mol. The number of nitrogens with zero attached hydrogens (tertiary/aromatic N) is 2. The molecule has 4 nitrogen and oxygen atoms in total. The van der Waals surface area contributed by atoms with E-state index in [2.05, 4.69) is 17.9 Å². The van der Waals surface area contributed by atoms with Crippen molar-refractivity contribution in [2.75, 3.05) is 6.54 Å². The molecule has 144 valence electrons. The maximum absolute atomic E-state index is 11.0. The van der Waals surface area contributed by atoms with Gasteiger partial charge >= 0.3 is 5.97 Å². The Morgan fingerprint density at radius 3 is 2.61 bits per heavy atom. The second-order valence-electron chi connectivity index (χ2n) is 6.46. The highest BCUT2D eigenvalue weighted by molar-refractivity contribution is 6.35. The Balaban J connectivity index is 1.90. The molecule has 0 unspecified atom stereocenters. The van der Waals surface area contributed by atoms with E-state index in [9.17, 15) is 4.79 Å². The summed E-state index contributed by atoms with van der Waals surface area (Å²) in [6, 6.07) is 12.3. The minimum absolute atomic E-state index is 0.278. The molecule has 1 aliphatic heterocycles. The largest absolute Gasteiger partial charge is 0.478 e. The lowest BCUT2D eigenvalue weighted by molar-refractivity contribution is 0.0697. The van der Waals surface area contributed by atoms with E-state index in [1.54, 1.807) is 24.3 Å². The molecule has 28 heavy (non-hydrogen) atoms. The lowest BCUT2D eigenvalue weighted by Crippen LogP contribution is -2.27. The van der Waals surface area contributed by atoms with Gasteiger partial charge in [-0.2, -0.15) is 0 Å². The van der Waals surface area contributed by atoms with Gasteiger partial charge in [0.2, 0.25) is 0 Å². The molecule has 0 aliphatic carbocycles. The highest BCUT2D eigenvalue weighted by Gasteiger charge is 2.16. The normalized spacial score (nSPS) is 14.2. The molecule has 0 radical (unpaired) electrons. The number of hydrogen-bond acceptors (Lipinski definition) is 3. The van der Waals surface area contributed by atoms with Gasteiger partial charge in [0, 0.05) is 23.3 Å². The van der Waals surface area contributed by atoms with Gasteiger partial charge in [-0.1, -0.05) is 48.3 Å². The summed E-state index contributed by atoms with van der Waals surface area (Å²) in [4.78, 5) is 17.9. The van der Waals surface area contributed by atoms with Gasteiger partial charge in [-0.3, -0.25) is 0 Å². The summed E-state index contributed by atoms with van der Waals surface area (Å²) in [6.45, 7) is 3.37. The van der Waals surface area contributed by atoms with E-state index < -0.39 is 5.97 Å². The summed E-state index contributed by atoms with van der Waals surface area (Å²) in [5.74, 6) is -0.928. The van der Waals surface area contributed by atoms with Crippen LogP contribution in [0.4, 0.5) is 0 Å². The second-order valence-corrected chi connectivity index (χ2v) is 7.30. The summed E-state index contributed by atoms with van der Waals surface area (Å²) >= 11 is 12.4. The van der Waals surface area contributed by atoms with Gasteiger partial charge in [0.1, 0.15) is 0 Å². The third-order valence-electron chi connectivity index (χ3n) is 4.27. The molecule has 0 saturated carbocycles. The predicted octanol–water partition coefficient (Wildman–Crippen LogP) is 5.91. The maximum atomic E-state index is 11.0. The Kier molecular flexibility index (Phi) is 6.55. The zero-order valence-electron chi connectivity index (χ0n) is 15.4. The van der Waals surface area contributed by atoms with Crippen molar-refractivity contribution in [1.29, 1.82) is 0 Å². The van der Waals surface area contributed by atoms with Gasteiger partial charge < -0.3 is 10.0 Å². The summed E-state index contributed by atoms with van der Waals surface area (Å²) in [5.41, 5.74) is 3.82. The summed E-state index contributed by atoms with van der Waals surface area (Å²) < 4.78 is 0. The van der Waals surface area contributed by atoms with Gasteiger partial charge in [0.15, 0.2) is 0 Å². The zero-order valence-corrected chi connectivity index (χ0v) is 16.9. The highest BCUT2D eigenvalue weighted by Crippen LogP contribution is 2.30. The number of benzene rings is 2. The van der Waals surface area contributed by atoms with Crippen molar-refractivity contribution in [2.45, 2.75) is 19.9 Å². The number of hydrogen-bond donors (Lipinski definition) is 1. The quantitative estimate of drug-likeness (QED) is 0.638. The molecule has 1 heterocycles. The van der Waals surface area contributed by atoms with Crippen LogP contribution in [-0.4, -0.2) is 28.2 Å². The van der Waals surface area contributed by atoms with Crippen LogP contribution in [0.1, 0.15) is 34.8 Å². The molecule has 3 rings (SSSR count). The van der Waals surface area contributed by atoms with Gasteiger partial charge in [-0.15, -0.1) is 0 Å². The molecule has 0 saturated heterocycles. The van der Waals surface area contributed by atoms with Crippen LogP contribution in [0.15, 0.2) is 65.8 Å². The van der Waals surface area contributed by atoms with Crippen LogP contribution in [0, 0.1) is 0 Å². The van der Waals surface area contributed by atoms with Crippen molar-refractivity contribution >= 4 is 40.6 Å². The fourth-order valence-electron chi connectivity index (χ4n) is 2.91. The number of aliphatic imine (C=N–C) groups is 1. The smallest absolute Gasteiger partial charge is 0.335 e. The lowest BCUT2D eigenvalue weighted by Gasteiger charge is -2.26. The van der Waals surface area contributed by atoms with Crippen molar-refractivity contribution in [3.63, 3.8) is 0 Å². The third-order valence-corrected chi connectivity index (χ3v) is 4.82. The molecule has 6 heteroatoms. The van der Waals surface area contributed by atoms with Crippen molar-refractivity contribution in [3.05, 3.63) is 87.6 Å². The van der Waals surface area contributed by atoms with Crippen LogP contribution < -0.4 is 0 Å². The third kappa shape index (κ3) is 5.03. The molecule has 0 atom stereocenters. The first kappa shape index (κ1) is 20.2. The Morgan fingerprint density at radius 1 is 1.21 bits per heavy atom. The van der Waals surface area contributed by atoms with Gasteiger partial charge in [0.05, 0.1) is 28.5 Å². The standard InChI is InChI=1S/C22H20Cl2N2O2/c1-2-3-4-18-13-26(12-15-5-7-16(8-6-15)22(27)28)14-21(25-18)19-10-9-17(23)11-20(19)24/h3-11,14H,2,12-13H2,1H3,(H,27,28)/b4-3+. The number of allylic oxidation sites excluding steroid dienone is 1. The number of carbonyl (C=O) groups is 1. The van der Waals surface area contributed by atoms with Crippen molar-refractivity contribution in [2.24, 2.45) is 4.99 Å². The minimum Gasteiger partial charge on any atom is -0.478 e. The van der Waals surface area contributed by atoms with Gasteiger partial charge in [0.25, 0.3) is 0 Å². The fourth-order valence-corrected chi connectivity index (χ4v) is 3.41. The Labute approximate surface area is 174 Å². The second kappa shape index (κ2) is 9.09. The van der Waals surface area contributed by atoms with E-state index in [0.717, 1.165) is 29.0 Å². The topological polar surface area (TPSA) is 52.9 Å². The number of rotatable bonds is 6. The average molecular weight is 415 g/mol. The van der Waals surface area contributed by atoms with Crippen molar-refractivity contribution in [1.82, 2.24) is 4.90 Å². The van der Waals surface area contributed by atoms with Crippen LogP contribution in [0.3, 0.4) is 0 Å². The van der Waals surface area contributed by atoms with E-state index >= 15 is 0 Å². The molecular formula is C22H20Cl2N2O2. The first-order valence-electron chi connectivity index (χ1n) is 8.94. The molecule has 1 N–H and O–H groups in total. The molecule has 2 aromatic carbocycles. The minimum atomic E-state index is -0.928. The zero-order chi connectivity index (χ0) is 20.1. The van der Waals surface area contributed by atoms with Crippen molar-refractivity contribution in [3.8, 4) is 0 Å². The molecular weight excluding hydrogens is 395 g/mol. The van der Waals surface area contributed by atoms with E-state index in [1.807, 2.05) is 30.5 Å². The van der Waals surface area contributed by atoms with Crippen LogP contribution in [0.25, 0.3) is 5.70 Å². The Bertz CT molecular complexity index is 963. The molecule has 0 amide bonds. The van der Waals surface area contributed by atoms with E-state index in [1.165, 1.54) is 0 Å². The number of carboxylic acid groups (broad SMARTS) is 1. The Morgan fingerprint density at radius 2 is 1.96 bits per heavy atom. The van der Waals surface area contributed by atoms with E-state index in [4.69, 9.17) is 33.3 Å². The molecule has 0 aromatic heterocycles. The fraction of sp³-hybridized carbons (Fsp3) is 0.182. The van der Waals surface area contributed by atoms with Crippen LogP contribution in [-0.2, 0) is 6.54 Å². The number of carboxylic acids is 1. The van der Waals surface area contributed by atoms with Crippen LogP contribution >= 0.6 is 23.2 Å². The molecule has 2 aromatic rings. The summed E-state index contributed by atoms with van der Waals surface area (Å²) in [7, 11) is 0. The Hall–Kier alpha value is -2.56. The number of halogens is 2. The lowest BCUT2D eigenvalue weighted by atomic mass is 10.1. The van der Waals surface area contributed by atoms with Crippen LogP contribution in [0.5, 0.6) is 0 Å². The molecule has 1 aliphatic rings. The summed E-state index contributed by atoms with van der Waals surface area (Å²) in [6.07, 6.45) is 7.00. The predicted molar refractivity (Wildman–Crippen MR) is 115 cm³/mol. The maximum Gasteiger partial charge on any atom is 0.335 e. The average Bonchev–Trinajstić information content (AvgIpc) is 2.66. The van der Waals surface area contributed by atoms with Crippen LogP contribution in [0.2, 0.25) is 10.0 Å². The first-order valence-corrected chi connectivity index (χ1v) is 9.69. The van der Waals surface area contributed by atoms with E-state index in [-0.39, 0.29) is 5.56 Å². The SMILES string of the molecule is CC/C=C/C1=NC(c2ccc(Cl)cc2Cl)=CN(Cc2ccc(C(=O)O)cc2)C1. The first-order chi connectivity index (χ1) is 13.5. The summed E-state index contributed by atoms with van der Waals surface area (Å²) in [5, 5.41) is 10.2.